The highest BCUT2D eigenvalue weighted by Crippen LogP contribution is 2.33. The second-order valence-electron chi connectivity index (χ2n) is 9.82. The standard InChI is InChI=1S/C26H37FN4O5/c27-21-5-3-20(4-6-21)25-24(26(36-28-25)31-9-14-34-15-10-31)19-30(18-23-2-1-11-35-23)17-22(32)16-29-7-12-33-13-8-29/h3-6,22-23,32H,1-2,7-19H2/t22-,23-/m0/s1. The average molecular weight is 505 g/mol. The first-order chi connectivity index (χ1) is 17.7. The predicted molar refractivity (Wildman–Crippen MR) is 132 cm³/mol. The van der Waals surface area contributed by atoms with Gasteiger partial charge in [-0.3, -0.25) is 9.80 Å². The molecule has 0 bridgehead atoms. The molecule has 198 valence electrons. The molecule has 0 aliphatic carbocycles. The highest BCUT2D eigenvalue weighted by atomic mass is 19.1. The lowest BCUT2D eigenvalue weighted by Crippen LogP contribution is -2.45. The van der Waals surface area contributed by atoms with Gasteiger partial charge in [0, 0.05) is 64.5 Å². The van der Waals surface area contributed by atoms with Crippen LogP contribution >= 0.6 is 0 Å². The van der Waals surface area contributed by atoms with Gasteiger partial charge in [-0.15, -0.1) is 0 Å². The van der Waals surface area contributed by atoms with Crippen LogP contribution in [0.5, 0.6) is 0 Å². The van der Waals surface area contributed by atoms with Gasteiger partial charge in [0.2, 0.25) is 5.88 Å². The fourth-order valence-corrected chi connectivity index (χ4v) is 5.23. The molecule has 4 heterocycles. The highest BCUT2D eigenvalue weighted by molar-refractivity contribution is 5.68. The summed E-state index contributed by atoms with van der Waals surface area (Å²) in [5.41, 5.74) is 2.46. The largest absolute Gasteiger partial charge is 0.390 e. The van der Waals surface area contributed by atoms with Crippen molar-refractivity contribution in [1.82, 2.24) is 15.0 Å². The Labute approximate surface area is 211 Å². The Bertz CT molecular complexity index is 940. The van der Waals surface area contributed by atoms with Gasteiger partial charge in [0.15, 0.2) is 0 Å². The summed E-state index contributed by atoms with van der Waals surface area (Å²) in [4.78, 5) is 6.67. The molecule has 2 aromatic rings. The number of benzene rings is 1. The van der Waals surface area contributed by atoms with Gasteiger partial charge in [-0.05, 0) is 37.1 Å². The van der Waals surface area contributed by atoms with E-state index in [0.717, 1.165) is 69.2 Å². The minimum absolute atomic E-state index is 0.140. The van der Waals surface area contributed by atoms with Crippen LogP contribution in [0.3, 0.4) is 0 Å². The van der Waals surface area contributed by atoms with Crippen molar-refractivity contribution in [3.8, 4) is 11.3 Å². The Hall–Kier alpha value is -2.08. The highest BCUT2D eigenvalue weighted by Gasteiger charge is 2.29. The van der Waals surface area contributed by atoms with Crippen molar-refractivity contribution in [2.45, 2.75) is 31.6 Å². The first-order valence-electron chi connectivity index (χ1n) is 13.0. The first-order valence-corrected chi connectivity index (χ1v) is 13.0. The van der Waals surface area contributed by atoms with Crippen molar-refractivity contribution in [3.63, 3.8) is 0 Å². The van der Waals surface area contributed by atoms with E-state index < -0.39 is 6.10 Å². The molecule has 0 amide bonds. The zero-order valence-corrected chi connectivity index (χ0v) is 20.8. The summed E-state index contributed by atoms with van der Waals surface area (Å²) in [5, 5.41) is 15.5. The van der Waals surface area contributed by atoms with E-state index in [1.165, 1.54) is 12.1 Å². The molecule has 1 aromatic heterocycles. The van der Waals surface area contributed by atoms with Crippen LogP contribution < -0.4 is 4.90 Å². The summed E-state index contributed by atoms with van der Waals surface area (Å²) in [7, 11) is 0. The van der Waals surface area contributed by atoms with Crippen molar-refractivity contribution < 1.29 is 28.2 Å². The number of rotatable bonds is 10. The molecule has 3 aliphatic rings. The molecule has 3 aliphatic heterocycles. The number of halogens is 1. The number of aromatic nitrogens is 1. The number of anilines is 1. The molecular formula is C26H37FN4O5. The van der Waals surface area contributed by atoms with Crippen LogP contribution in [-0.2, 0) is 20.8 Å². The van der Waals surface area contributed by atoms with Crippen LogP contribution in [0.15, 0.2) is 28.8 Å². The van der Waals surface area contributed by atoms with Crippen molar-refractivity contribution >= 4 is 5.88 Å². The van der Waals surface area contributed by atoms with Crippen molar-refractivity contribution in [1.29, 1.82) is 0 Å². The fourth-order valence-electron chi connectivity index (χ4n) is 5.23. The minimum atomic E-state index is -0.509. The number of β-amino-alcohol motifs (C(OH)–C–C–N with tert-alkyl or cyclic N) is 1. The molecule has 10 heteroatoms. The normalized spacial score (nSPS) is 22.4. The lowest BCUT2D eigenvalue weighted by Gasteiger charge is -2.32. The first kappa shape index (κ1) is 25.6. The molecule has 0 unspecified atom stereocenters. The van der Waals surface area contributed by atoms with Gasteiger partial charge in [-0.25, -0.2) is 4.39 Å². The second kappa shape index (κ2) is 12.4. The van der Waals surface area contributed by atoms with Crippen molar-refractivity contribution in [2.24, 2.45) is 0 Å². The van der Waals surface area contributed by atoms with Gasteiger partial charge >= 0.3 is 0 Å². The van der Waals surface area contributed by atoms with Crippen molar-refractivity contribution in [2.75, 3.05) is 83.7 Å². The second-order valence-corrected chi connectivity index (χ2v) is 9.82. The molecule has 0 spiro atoms. The maximum absolute atomic E-state index is 13.6. The average Bonchev–Trinajstić information content (AvgIpc) is 3.56. The number of aliphatic hydroxyl groups is 1. The van der Waals surface area contributed by atoms with E-state index in [0.29, 0.717) is 51.8 Å². The Morgan fingerprint density at radius 1 is 1.03 bits per heavy atom. The van der Waals surface area contributed by atoms with Crippen LogP contribution in [-0.4, -0.2) is 111 Å². The number of hydrogen-bond donors (Lipinski definition) is 1. The van der Waals surface area contributed by atoms with E-state index in [-0.39, 0.29) is 11.9 Å². The van der Waals surface area contributed by atoms with Crippen LogP contribution in [0, 0.1) is 5.82 Å². The molecule has 3 fully saturated rings. The molecule has 1 N–H and O–H groups in total. The van der Waals surface area contributed by atoms with Gasteiger partial charge < -0.3 is 28.7 Å². The van der Waals surface area contributed by atoms with E-state index >= 15 is 0 Å². The lowest BCUT2D eigenvalue weighted by atomic mass is 10.1. The van der Waals surface area contributed by atoms with E-state index in [1.54, 1.807) is 12.1 Å². The zero-order valence-electron chi connectivity index (χ0n) is 20.8. The quantitative estimate of drug-likeness (QED) is 0.522. The number of nitrogens with zero attached hydrogens (tertiary/aromatic N) is 4. The third-order valence-corrected chi connectivity index (χ3v) is 7.09. The van der Waals surface area contributed by atoms with Gasteiger partial charge in [0.25, 0.3) is 0 Å². The summed E-state index contributed by atoms with van der Waals surface area (Å²) < 4.78 is 36.5. The number of ether oxygens (including phenoxy) is 3. The fraction of sp³-hybridized carbons (Fsp3) is 0.654. The molecule has 0 radical (unpaired) electrons. The Balaban J connectivity index is 1.38. The van der Waals surface area contributed by atoms with Crippen LogP contribution in [0.4, 0.5) is 10.3 Å². The molecular weight excluding hydrogens is 467 g/mol. The zero-order chi connectivity index (χ0) is 24.7. The maximum atomic E-state index is 13.6. The Kier molecular flexibility index (Phi) is 8.84. The number of hydrogen-bond acceptors (Lipinski definition) is 9. The third kappa shape index (κ3) is 6.62. The van der Waals surface area contributed by atoms with Gasteiger partial charge in [-0.2, -0.15) is 0 Å². The summed E-state index contributed by atoms with van der Waals surface area (Å²) in [6, 6.07) is 6.35. The smallest absolute Gasteiger partial charge is 0.232 e. The topological polar surface area (TPSA) is 83.7 Å². The molecule has 5 rings (SSSR count). The summed E-state index contributed by atoms with van der Waals surface area (Å²) >= 11 is 0. The maximum Gasteiger partial charge on any atom is 0.232 e. The molecule has 9 nitrogen and oxygen atoms in total. The predicted octanol–water partition coefficient (Wildman–Crippen LogP) is 1.99. The molecule has 1 aromatic carbocycles. The number of morpholine rings is 2. The van der Waals surface area contributed by atoms with Crippen LogP contribution in [0.1, 0.15) is 18.4 Å². The van der Waals surface area contributed by atoms with Crippen molar-refractivity contribution in [3.05, 3.63) is 35.6 Å². The van der Waals surface area contributed by atoms with E-state index in [9.17, 15) is 9.50 Å². The monoisotopic (exact) mass is 504 g/mol. The minimum Gasteiger partial charge on any atom is -0.390 e. The lowest BCUT2D eigenvalue weighted by molar-refractivity contribution is -0.000100. The van der Waals surface area contributed by atoms with Gasteiger partial charge in [0.1, 0.15) is 11.5 Å². The Morgan fingerprint density at radius 3 is 2.44 bits per heavy atom. The molecule has 0 saturated carbocycles. The third-order valence-electron chi connectivity index (χ3n) is 7.09. The van der Waals surface area contributed by atoms with Gasteiger partial charge in [0.05, 0.1) is 44.2 Å². The summed E-state index contributed by atoms with van der Waals surface area (Å²) in [6.45, 7) is 8.94. The van der Waals surface area contributed by atoms with E-state index in [2.05, 4.69) is 19.9 Å². The Morgan fingerprint density at radius 2 is 1.75 bits per heavy atom. The summed E-state index contributed by atoms with van der Waals surface area (Å²) in [5.74, 6) is 0.432. The molecule has 36 heavy (non-hydrogen) atoms. The molecule has 2 atom stereocenters. The van der Waals surface area contributed by atoms with Crippen LogP contribution in [0.25, 0.3) is 11.3 Å². The SMILES string of the molecule is O[C@@H](CN1CCOCC1)CN(Cc1c(-c2ccc(F)cc2)noc1N1CCOCC1)C[C@@H]1CCCO1. The van der Waals surface area contributed by atoms with Gasteiger partial charge in [-0.1, -0.05) is 5.16 Å². The number of aliphatic hydroxyl groups excluding tert-OH is 1. The molecule has 3 saturated heterocycles. The summed E-state index contributed by atoms with van der Waals surface area (Å²) in [6.07, 6.45) is 1.70. The van der Waals surface area contributed by atoms with E-state index in [4.69, 9.17) is 18.7 Å². The van der Waals surface area contributed by atoms with Crippen LogP contribution in [0.2, 0.25) is 0 Å². The van der Waals surface area contributed by atoms with E-state index in [1.807, 2.05) is 0 Å².